The first kappa shape index (κ1) is 20.4. The van der Waals surface area contributed by atoms with Crippen LogP contribution in [0.15, 0.2) is 30.5 Å². The lowest BCUT2D eigenvalue weighted by Gasteiger charge is -2.43. The molecule has 30 heavy (non-hydrogen) atoms. The van der Waals surface area contributed by atoms with Gasteiger partial charge in [-0.1, -0.05) is 39.0 Å². The van der Waals surface area contributed by atoms with E-state index in [0.29, 0.717) is 31.7 Å². The maximum atomic E-state index is 13.1. The van der Waals surface area contributed by atoms with Gasteiger partial charge in [-0.05, 0) is 48.6 Å². The Morgan fingerprint density at radius 3 is 2.77 bits per heavy atom. The number of aromatic amines is 1. The molecule has 7 nitrogen and oxygen atoms in total. The first-order valence-electron chi connectivity index (χ1n) is 10.6. The number of fused-ring (bicyclic) bond motifs is 1. The summed E-state index contributed by atoms with van der Waals surface area (Å²) in [6.07, 6.45) is 4.87. The zero-order valence-corrected chi connectivity index (χ0v) is 17.9. The van der Waals surface area contributed by atoms with Gasteiger partial charge in [-0.2, -0.15) is 0 Å². The molecule has 1 aromatic carbocycles. The van der Waals surface area contributed by atoms with Crippen LogP contribution in [0.5, 0.6) is 0 Å². The summed E-state index contributed by atoms with van der Waals surface area (Å²) >= 11 is 0. The van der Waals surface area contributed by atoms with Crippen LogP contribution in [0, 0.1) is 11.3 Å². The average Bonchev–Trinajstić information content (AvgIpc) is 3.15. The van der Waals surface area contributed by atoms with E-state index in [4.69, 9.17) is 0 Å². The standard InChI is InChI=1S/C23H30N4O3/c1-15-10-22(2,3)14-23(11-15)20(29)27(21(30)26-23)13-19(28)24-9-8-16-12-25-18-7-5-4-6-17(16)18/h4-7,12,15,25H,8-11,13-14H2,1-3H3,(H,24,28)(H,26,30)/t15-,23-/m1/s1. The number of nitrogens with one attached hydrogen (secondary N) is 3. The van der Waals surface area contributed by atoms with Gasteiger partial charge in [0.15, 0.2) is 0 Å². The molecule has 0 radical (unpaired) electrons. The number of imide groups is 1. The van der Waals surface area contributed by atoms with Crippen molar-refractivity contribution in [1.82, 2.24) is 20.5 Å². The van der Waals surface area contributed by atoms with E-state index < -0.39 is 11.6 Å². The molecule has 4 rings (SSSR count). The third-order valence-corrected chi connectivity index (χ3v) is 6.32. The smallest absolute Gasteiger partial charge is 0.325 e. The Hall–Kier alpha value is -2.83. The van der Waals surface area contributed by atoms with Gasteiger partial charge in [-0.15, -0.1) is 0 Å². The number of H-pyrrole nitrogens is 1. The van der Waals surface area contributed by atoms with Crippen LogP contribution < -0.4 is 10.6 Å². The third kappa shape index (κ3) is 3.80. The molecule has 7 heteroatoms. The van der Waals surface area contributed by atoms with E-state index in [1.807, 2.05) is 30.5 Å². The number of hydrogen-bond acceptors (Lipinski definition) is 3. The number of urea groups is 1. The normalized spacial score (nSPS) is 25.7. The SMILES string of the molecule is C[C@@H]1CC(C)(C)C[C@@]2(C1)NC(=O)N(CC(=O)NCCc1c[nH]c3ccccc13)C2=O. The molecule has 1 saturated carbocycles. The largest absolute Gasteiger partial charge is 0.361 e. The molecule has 2 heterocycles. The summed E-state index contributed by atoms with van der Waals surface area (Å²) in [7, 11) is 0. The Bertz CT molecular complexity index is 995. The molecular formula is C23H30N4O3. The molecule has 160 valence electrons. The van der Waals surface area contributed by atoms with E-state index >= 15 is 0 Å². The van der Waals surface area contributed by atoms with Gasteiger partial charge in [-0.3, -0.25) is 14.5 Å². The Kier molecular flexibility index (Phi) is 5.08. The van der Waals surface area contributed by atoms with E-state index in [9.17, 15) is 14.4 Å². The fourth-order valence-electron chi connectivity index (χ4n) is 5.52. The monoisotopic (exact) mass is 410 g/mol. The second kappa shape index (κ2) is 7.45. The second-order valence-electron chi connectivity index (χ2n) is 9.72. The van der Waals surface area contributed by atoms with E-state index in [1.165, 1.54) is 0 Å². The van der Waals surface area contributed by atoms with Crippen LogP contribution >= 0.6 is 0 Å². The summed E-state index contributed by atoms with van der Waals surface area (Å²) < 4.78 is 0. The lowest BCUT2D eigenvalue weighted by molar-refractivity contribution is -0.137. The van der Waals surface area contributed by atoms with Gasteiger partial charge in [0.1, 0.15) is 12.1 Å². The van der Waals surface area contributed by atoms with Gasteiger partial charge in [0.2, 0.25) is 5.91 Å². The summed E-state index contributed by atoms with van der Waals surface area (Å²) in [5, 5.41) is 6.89. The third-order valence-electron chi connectivity index (χ3n) is 6.32. The van der Waals surface area contributed by atoms with Gasteiger partial charge in [0.05, 0.1) is 0 Å². The summed E-state index contributed by atoms with van der Waals surface area (Å²) in [5.74, 6) is -0.250. The fraction of sp³-hybridized carbons (Fsp3) is 0.522. The number of nitrogens with zero attached hydrogens (tertiary/aromatic N) is 1. The molecule has 1 aromatic heterocycles. The Balaban J connectivity index is 1.35. The van der Waals surface area contributed by atoms with E-state index in [2.05, 4.69) is 36.4 Å². The Morgan fingerprint density at radius 2 is 2.00 bits per heavy atom. The summed E-state index contributed by atoms with van der Waals surface area (Å²) in [4.78, 5) is 42.4. The van der Waals surface area contributed by atoms with Gasteiger partial charge in [-0.25, -0.2) is 4.79 Å². The first-order valence-corrected chi connectivity index (χ1v) is 10.6. The fourth-order valence-corrected chi connectivity index (χ4v) is 5.52. The highest BCUT2D eigenvalue weighted by Crippen LogP contribution is 2.46. The highest BCUT2D eigenvalue weighted by atomic mass is 16.2. The van der Waals surface area contributed by atoms with Crippen LogP contribution in [0.25, 0.3) is 10.9 Å². The van der Waals surface area contributed by atoms with Gasteiger partial charge in [0, 0.05) is 23.6 Å². The highest BCUT2D eigenvalue weighted by molar-refractivity contribution is 6.09. The number of aromatic nitrogens is 1. The molecular weight excluding hydrogens is 380 g/mol. The topological polar surface area (TPSA) is 94.3 Å². The highest BCUT2D eigenvalue weighted by Gasteiger charge is 2.56. The maximum Gasteiger partial charge on any atom is 0.325 e. The van der Waals surface area contributed by atoms with E-state index in [-0.39, 0.29) is 23.8 Å². The van der Waals surface area contributed by atoms with Crippen LogP contribution in [-0.4, -0.2) is 46.4 Å². The number of carbonyl (C=O) groups excluding carboxylic acids is 3. The van der Waals surface area contributed by atoms with Crippen LogP contribution in [-0.2, 0) is 16.0 Å². The summed E-state index contributed by atoms with van der Waals surface area (Å²) in [6, 6.07) is 7.56. The molecule has 1 spiro atoms. The number of para-hydroxylation sites is 1. The van der Waals surface area contributed by atoms with Gasteiger partial charge < -0.3 is 15.6 Å². The van der Waals surface area contributed by atoms with Gasteiger partial charge >= 0.3 is 6.03 Å². The number of hydrogen-bond donors (Lipinski definition) is 3. The number of carbonyl (C=O) groups is 3. The number of amides is 4. The number of rotatable bonds is 5. The van der Waals surface area contributed by atoms with Crippen LogP contribution in [0.1, 0.15) is 45.6 Å². The van der Waals surface area contributed by atoms with Crippen molar-refractivity contribution in [3.05, 3.63) is 36.0 Å². The molecule has 4 amide bonds. The zero-order valence-electron chi connectivity index (χ0n) is 17.9. The van der Waals surface area contributed by atoms with Crippen molar-refractivity contribution in [2.45, 2.75) is 52.0 Å². The quantitative estimate of drug-likeness (QED) is 0.662. The van der Waals surface area contributed by atoms with Crippen LogP contribution in [0.4, 0.5) is 4.79 Å². The molecule has 2 aliphatic rings. The van der Waals surface area contributed by atoms with Crippen molar-refractivity contribution in [3.63, 3.8) is 0 Å². The zero-order chi connectivity index (χ0) is 21.5. The van der Waals surface area contributed by atoms with Crippen molar-refractivity contribution < 1.29 is 14.4 Å². The molecule has 0 bridgehead atoms. The first-order chi connectivity index (χ1) is 14.2. The predicted octanol–water partition coefficient (Wildman–Crippen LogP) is 2.96. The molecule has 2 atom stereocenters. The molecule has 1 aliphatic heterocycles. The van der Waals surface area contributed by atoms with Crippen molar-refractivity contribution in [1.29, 1.82) is 0 Å². The van der Waals surface area contributed by atoms with Crippen molar-refractivity contribution >= 4 is 28.7 Å². The van der Waals surface area contributed by atoms with E-state index in [0.717, 1.165) is 27.8 Å². The second-order valence-corrected chi connectivity index (χ2v) is 9.72. The minimum atomic E-state index is -0.872. The predicted molar refractivity (Wildman–Crippen MR) is 115 cm³/mol. The average molecular weight is 411 g/mol. The Labute approximate surface area is 176 Å². The minimum absolute atomic E-state index is 0.0296. The van der Waals surface area contributed by atoms with Crippen molar-refractivity contribution in [2.75, 3.05) is 13.1 Å². The molecule has 0 unspecified atom stereocenters. The lowest BCUT2D eigenvalue weighted by Crippen LogP contribution is -2.54. The van der Waals surface area contributed by atoms with Gasteiger partial charge in [0.25, 0.3) is 5.91 Å². The molecule has 2 aromatic rings. The van der Waals surface area contributed by atoms with Crippen LogP contribution in [0.2, 0.25) is 0 Å². The Morgan fingerprint density at radius 1 is 1.23 bits per heavy atom. The van der Waals surface area contributed by atoms with Crippen molar-refractivity contribution in [2.24, 2.45) is 11.3 Å². The van der Waals surface area contributed by atoms with E-state index in [1.54, 1.807) is 0 Å². The molecule has 3 N–H and O–H groups in total. The number of benzene rings is 1. The van der Waals surface area contributed by atoms with Crippen molar-refractivity contribution in [3.8, 4) is 0 Å². The molecule has 2 fully saturated rings. The summed E-state index contributed by atoms with van der Waals surface area (Å²) in [5.41, 5.74) is 1.28. The maximum absolute atomic E-state index is 13.1. The minimum Gasteiger partial charge on any atom is -0.361 e. The van der Waals surface area contributed by atoms with Crippen LogP contribution in [0.3, 0.4) is 0 Å². The molecule has 1 saturated heterocycles. The lowest BCUT2D eigenvalue weighted by atomic mass is 9.64. The molecule has 1 aliphatic carbocycles. The summed E-state index contributed by atoms with van der Waals surface area (Å²) in [6.45, 7) is 6.57.